The Bertz CT molecular complexity index is 295. The topological polar surface area (TPSA) is 16.1 Å². The van der Waals surface area contributed by atoms with Crippen molar-refractivity contribution >= 4 is 21.7 Å². The predicted molar refractivity (Wildman–Crippen MR) is 63.2 cm³/mol. The SMILES string of the molecule is BrCCc1ccnc(N2CCCC2)c1. The Morgan fingerprint density at radius 2 is 2.14 bits per heavy atom. The van der Waals surface area contributed by atoms with E-state index in [2.05, 4.69) is 37.9 Å². The largest absolute Gasteiger partial charge is 0.357 e. The van der Waals surface area contributed by atoms with Gasteiger partial charge in [-0.3, -0.25) is 0 Å². The van der Waals surface area contributed by atoms with Crippen molar-refractivity contribution in [2.75, 3.05) is 23.3 Å². The first kappa shape index (κ1) is 9.97. The van der Waals surface area contributed by atoms with Crippen LogP contribution in [0.3, 0.4) is 0 Å². The molecule has 0 unspecified atom stereocenters. The molecule has 1 aliphatic heterocycles. The molecule has 14 heavy (non-hydrogen) atoms. The minimum Gasteiger partial charge on any atom is -0.357 e. The molecule has 1 aromatic heterocycles. The van der Waals surface area contributed by atoms with Gasteiger partial charge in [0.2, 0.25) is 0 Å². The molecule has 2 heterocycles. The maximum atomic E-state index is 4.41. The Morgan fingerprint density at radius 3 is 2.86 bits per heavy atom. The maximum Gasteiger partial charge on any atom is 0.128 e. The summed E-state index contributed by atoms with van der Waals surface area (Å²) in [5.41, 5.74) is 1.37. The number of pyridine rings is 1. The highest BCUT2D eigenvalue weighted by molar-refractivity contribution is 9.09. The summed E-state index contributed by atoms with van der Waals surface area (Å²) >= 11 is 3.46. The first-order valence-electron chi connectivity index (χ1n) is 5.16. The zero-order chi connectivity index (χ0) is 9.80. The number of hydrogen-bond donors (Lipinski definition) is 0. The van der Waals surface area contributed by atoms with Gasteiger partial charge in [-0.1, -0.05) is 15.9 Å². The lowest BCUT2D eigenvalue weighted by Gasteiger charge is -2.16. The van der Waals surface area contributed by atoms with Gasteiger partial charge in [0.25, 0.3) is 0 Å². The number of hydrogen-bond acceptors (Lipinski definition) is 2. The lowest BCUT2D eigenvalue weighted by atomic mass is 10.2. The summed E-state index contributed by atoms with van der Waals surface area (Å²) in [5, 5.41) is 1.02. The molecule has 0 amide bonds. The van der Waals surface area contributed by atoms with Crippen LogP contribution < -0.4 is 4.90 Å². The average molecular weight is 255 g/mol. The third kappa shape index (κ3) is 2.27. The molecule has 0 N–H and O–H groups in total. The maximum absolute atomic E-state index is 4.41. The van der Waals surface area contributed by atoms with Crippen molar-refractivity contribution in [3.05, 3.63) is 23.9 Å². The number of aromatic nitrogens is 1. The van der Waals surface area contributed by atoms with Gasteiger partial charge in [0.05, 0.1) is 0 Å². The third-order valence-electron chi connectivity index (χ3n) is 2.62. The van der Waals surface area contributed by atoms with Crippen LogP contribution in [0.5, 0.6) is 0 Å². The molecule has 0 bridgehead atoms. The van der Waals surface area contributed by atoms with Crippen LogP contribution in [0.1, 0.15) is 18.4 Å². The second-order valence-corrected chi connectivity index (χ2v) is 4.45. The molecule has 0 saturated carbocycles. The lowest BCUT2D eigenvalue weighted by molar-refractivity contribution is 0.932. The highest BCUT2D eigenvalue weighted by Crippen LogP contribution is 2.18. The highest BCUT2D eigenvalue weighted by atomic mass is 79.9. The van der Waals surface area contributed by atoms with Gasteiger partial charge in [-0.25, -0.2) is 4.98 Å². The van der Waals surface area contributed by atoms with Crippen LogP contribution in [-0.4, -0.2) is 23.4 Å². The van der Waals surface area contributed by atoms with Gasteiger partial charge in [0.1, 0.15) is 5.82 Å². The van der Waals surface area contributed by atoms with Crippen molar-refractivity contribution in [2.24, 2.45) is 0 Å². The number of anilines is 1. The first-order valence-corrected chi connectivity index (χ1v) is 6.28. The molecular formula is C11H15BrN2. The van der Waals surface area contributed by atoms with E-state index in [0.717, 1.165) is 17.6 Å². The molecule has 1 aliphatic rings. The molecule has 0 aliphatic carbocycles. The smallest absolute Gasteiger partial charge is 0.128 e. The quantitative estimate of drug-likeness (QED) is 0.772. The molecule has 2 rings (SSSR count). The Balaban J connectivity index is 2.12. The summed E-state index contributed by atoms with van der Waals surface area (Å²) in [5.74, 6) is 1.15. The van der Waals surface area contributed by atoms with Gasteiger partial charge in [0.15, 0.2) is 0 Å². The molecule has 1 saturated heterocycles. The van der Waals surface area contributed by atoms with E-state index in [1.165, 1.54) is 31.5 Å². The van der Waals surface area contributed by atoms with E-state index in [-0.39, 0.29) is 0 Å². The second-order valence-electron chi connectivity index (χ2n) is 3.66. The monoisotopic (exact) mass is 254 g/mol. The molecule has 3 heteroatoms. The number of rotatable bonds is 3. The van der Waals surface area contributed by atoms with Crippen LogP contribution in [0.4, 0.5) is 5.82 Å². The van der Waals surface area contributed by atoms with E-state index in [4.69, 9.17) is 0 Å². The van der Waals surface area contributed by atoms with Crippen LogP contribution in [0, 0.1) is 0 Å². The van der Waals surface area contributed by atoms with Crippen molar-refractivity contribution in [3.8, 4) is 0 Å². The van der Waals surface area contributed by atoms with Gasteiger partial charge in [0, 0.05) is 24.6 Å². The van der Waals surface area contributed by atoms with E-state index in [1.807, 2.05) is 6.20 Å². The fourth-order valence-electron chi connectivity index (χ4n) is 1.84. The van der Waals surface area contributed by atoms with E-state index in [1.54, 1.807) is 0 Å². The number of alkyl halides is 1. The van der Waals surface area contributed by atoms with Crippen molar-refractivity contribution < 1.29 is 0 Å². The normalized spacial score (nSPS) is 16.2. The summed E-state index contributed by atoms with van der Waals surface area (Å²) in [6.45, 7) is 2.34. The molecule has 76 valence electrons. The second kappa shape index (κ2) is 4.78. The first-order chi connectivity index (χ1) is 6.90. The van der Waals surface area contributed by atoms with Crippen molar-refractivity contribution in [1.29, 1.82) is 0 Å². The number of nitrogens with zero attached hydrogens (tertiary/aromatic N) is 2. The molecular weight excluding hydrogens is 240 g/mol. The van der Waals surface area contributed by atoms with Crippen LogP contribution >= 0.6 is 15.9 Å². The van der Waals surface area contributed by atoms with E-state index in [0.29, 0.717) is 0 Å². The number of aryl methyl sites for hydroxylation is 1. The third-order valence-corrected chi connectivity index (χ3v) is 3.02. The van der Waals surface area contributed by atoms with Crippen LogP contribution in [0.15, 0.2) is 18.3 Å². The molecule has 0 spiro atoms. The number of halogens is 1. The van der Waals surface area contributed by atoms with Crippen LogP contribution in [-0.2, 0) is 6.42 Å². The Hall–Kier alpha value is -0.570. The van der Waals surface area contributed by atoms with Gasteiger partial charge in [-0.2, -0.15) is 0 Å². The average Bonchev–Trinajstić information content (AvgIpc) is 2.71. The summed E-state index contributed by atoms with van der Waals surface area (Å²) in [4.78, 5) is 6.79. The van der Waals surface area contributed by atoms with Gasteiger partial charge < -0.3 is 4.90 Å². The zero-order valence-corrected chi connectivity index (χ0v) is 9.83. The van der Waals surface area contributed by atoms with E-state index >= 15 is 0 Å². The fraction of sp³-hybridized carbons (Fsp3) is 0.545. The molecule has 2 nitrogen and oxygen atoms in total. The zero-order valence-electron chi connectivity index (χ0n) is 8.25. The summed E-state index contributed by atoms with van der Waals surface area (Å²) in [7, 11) is 0. The molecule has 1 fully saturated rings. The van der Waals surface area contributed by atoms with E-state index in [9.17, 15) is 0 Å². The van der Waals surface area contributed by atoms with E-state index < -0.39 is 0 Å². The summed E-state index contributed by atoms with van der Waals surface area (Å²) in [6, 6.07) is 4.31. The Kier molecular flexibility index (Phi) is 3.40. The minimum atomic E-state index is 1.02. The van der Waals surface area contributed by atoms with Crippen molar-refractivity contribution in [3.63, 3.8) is 0 Å². The predicted octanol–water partition coefficient (Wildman–Crippen LogP) is 2.62. The standard InChI is InChI=1S/C11H15BrN2/c12-5-3-10-4-6-13-11(9-10)14-7-1-2-8-14/h4,6,9H,1-3,5,7-8H2. The summed E-state index contributed by atoms with van der Waals surface area (Å²) in [6.07, 6.45) is 5.63. The minimum absolute atomic E-state index is 1.02. The molecule has 1 aromatic rings. The Labute approximate surface area is 93.5 Å². The van der Waals surface area contributed by atoms with Crippen molar-refractivity contribution in [2.45, 2.75) is 19.3 Å². The highest BCUT2D eigenvalue weighted by Gasteiger charge is 2.13. The van der Waals surface area contributed by atoms with Gasteiger partial charge in [-0.05, 0) is 37.0 Å². The molecule has 0 aromatic carbocycles. The lowest BCUT2D eigenvalue weighted by Crippen LogP contribution is -2.18. The summed E-state index contributed by atoms with van der Waals surface area (Å²) < 4.78 is 0. The van der Waals surface area contributed by atoms with Gasteiger partial charge >= 0.3 is 0 Å². The molecule has 0 radical (unpaired) electrons. The fourth-order valence-corrected chi connectivity index (χ4v) is 2.30. The van der Waals surface area contributed by atoms with Gasteiger partial charge in [-0.15, -0.1) is 0 Å². The molecule has 0 atom stereocenters. The Morgan fingerprint density at radius 1 is 1.36 bits per heavy atom. The van der Waals surface area contributed by atoms with Crippen LogP contribution in [0.25, 0.3) is 0 Å². The van der Waals surface area contributed by atoms with Crippen LogP contribution in [0.2, 0.25) is 0 Å². The van der Waals surface area contributed by atoms with Crippen molar-refractivity contribution in [1.82, 2.24) is 4.98 Å².